The van der Waals surface area contributed by atoms with E-state index < -0.39 is 18.0 Å². The van der Waals surface area contributed by atoms with Gasteiger partial charge in [-0.25, -0.2) is 0 Å². The van der Waals surface area contributed by atoms with E-state index in [1.165, 1.54) is 0 Å². The molecule has 2 aliphatic rings. The normalized spacial score (nSPS) is 19.6. The molecule has 0 spiro atoms. The van der Waals surface area contributed by atoms with Crippen LogP contribution in [-0.4, -0.2) is 102 Å². The van der Waals surface area contributed by atoms with Gasteiger partial charge in [0.05, 0.1) is 19.3 Å². The molecule has 11 nitrogen and oxygen atoms in total. The molecule has 186 valence electrons. The lowest BCUT2D eigenvalue weighted by molar-refractivity contribution is -0.135. The van der Waals surface area contributed by atoms with Gasteiger partial charge < -0.3 is 35.4 Å². The van der Waals surface area contributed by atoms with Crippen LogP contribution in [0.25, 0.3) is 0 Å². The van der Waals surface area contributed by atoms with Crippen LogP contribution in [-0.2, 0) is 9.59 Å². The van der Waals surface area contributed by atoms with Crippen LogP contribution in [0.15, 0.2) is 18.2 Å². The second-order valence-electron chi connectivity index (χ2n) is 7.63. The van der Waals surface area contributed by atoms with Crippen LogP contribution < -0.4 is 15.2 Å². The molecule has 0 saturated carbocycles. The predicted molar refractivity (Wildman–Crippen MR) is 121 cm³/mol. The number of carboxylic acid groups (broad SMARTS) is 2. The number of carbonyl (C=O) groups is 3. The van der Waals surface area contributed by atoms with Crippen LogP contribution in [0.2, 0.25) is 0 Å². The van der Waals surface area contributed by atoms with Crippen molar-refractivity contribution in [3.8, 4) is 11.5 Å². The molecule has 2 saturated heterocycles. The number of methoxy groups -OCH3 is 1. The highest BCUT2D eigenvalue weighted by Gasteiger charge is 2.38. The van der Waals surface area contributed by atoms with Gasteiger partial charge in [0.2, 0.25) is 0 Å². The largest absolute Gasteiger partial charge is 0.493 e. The van der Waals surface area contributed by atoms with Crippen LogP contribution in [0, 0.1) is 0 Å². The Bertz CT molecular complexity index is 763. The maximum Gasteiger partial charge on any atom is 0.300 e. The number of nitrogens with two attached hydrogens (primary N) is 1. The number of aliphatic hydroxyl groups excluding tert-OH is 1. The molecule has 1 aromatic carbocycles. The van der Waals surface area contributed by atoms with Gasteiger partial charge >= 0.3 is 0 Å². The van der Waals surface area contributed by atoms with Crippen molar-refractivity contribution in [2.75, 3.05) is 46.4 Å². The fraction of sp³-hybridized carbons (Fsp3) is 0.591. The maximum atomic E-state index is 12.9. The van der Waals surface area contributed by atoms with Crippen LogP contribution in [0.5, 0.6) is 11.5 Å². The van der Waals surface area contributed by atoms with Crippen LogP contribution in [0.4, 0.5) is 0 Å². The summed E-state index contributed by atoms with van der Waals surface area (Å²) in [6.45, 7) is 5.84. The summed E-state index contributed by atoms with van der Waals surface area (Å²) in [6, 6.07) is 5.18. The Labute approximate surface area is 193 Å². The average molecular weight is 470 g/mol. The van der Waals surface area contributed by atoms with Crippen molar-refractivity contribution < 1.29 is 39.2 Å². The van der Waals surface area contributed by atoms with Gasteiger partial charge in [0.15, 0.2) is 11.5 Å². The molecule has 2 fully saturated rings. The van der Waals surface area contributed by atoms with Gasteiger partial charge in [0.25, 0.3) is 17.8 Å². The number of carbonyl (C=O) groups excluding carboxylic acids is 1. The number of ether oxygens (including phenoxy) is 2. The summed E-state index contributed by atoms with van der Waals surface area (Å²) < 4.78 is 10.8. The van der Waals surface area contributed by atoms with Crippen LogP contribution >= 0.6 is 0 Å². The first-order chi connectivity index (χ1) is 15.6. The number of carboxylic acids is 2. The van der Waals surface area contributed by atoms with Crippen molar-refractivity contribution in [1.29, 1.82) is 0 Å². The number of benzene rings is 1. The molecule has 0 bridgehead atoms. The van der Waals surface area contributed by atoms with E-state index in [0.717, 1.165) is 39.8 Å². The molecule has 1 aromatic rings. The lowest BCUT2D eigenvalue weighted by Crippen LogP contribution is -2.41. The number of nitrogens with zero attached hydrogens (tertiary/aromatic N) is 2. The van der Waals surface area contributed by atoms with E-state index in [1.54, 1.807) is 30.2 Å². The Hall–Kier alpha value is -2.89. The second-order valence-corrected chi connectivity index (χ2v) is 7.63. The monoisotopic (exact) mass is 469 g/mol. The van der Waals surface area contributed by atoms with Crippen molar-refractivity contribution in [1.82, 2.24) is 9.80 Å². The number of aliphatic carboxylic acids is 2. The smallest absolute Gasteiger partial charge is 0.300 e. The molecule has 2 atom stereocenters. The molecule has 3 rings (SSSR count). The third kappa shape index (κ3) is 9.64. The van der Waals surface area contributed by atoms with Gasteiger partial charge in [0.1, 0.15) is 6.61 Å². The van der Waals surface area contributed by atoms with E-state index in [1.807, 2.05) is 0 Å². The minimum Gasteiger partial charge on any atom is -0.493 e. The van der Waals surface area contributed by atoms with Crippen molar-refractivity contribution in [2.24, 2.45) is 5.73 Å². The van der Waals surface area contributed by atoms with Gasteiger partial charge in [-0.3, -0.25) is 19.3 Å². The van der Waals surface area contributed by atoms with E-state index in [9.17, 15) is 9.90 Å². The summed E-state index contributed by atoms with van der Waals surface area (Å²) >= 11 is 0. The molecule has 2 aliphatic heterocycles. The summed E-state index contributed by atoms with van der Waals surface area (Å²) in [5.74, 6) is -0.683. The quantitative estimate of drug-likeness (QED) is 0.461. The molecule has 0 radical (unpaired) electrons. The Morgan fingerprint density at radius 3 is 2.15 bits per heavy atom. The molecule has 0 aromatic heterocycles. The van der Waals surface area contributed by atoms with E-state index in [-0.39, 0.29) is 11.9 Å². The van der Waals surface area contributed by atoms with Crippen molar-refractivity contribution in [3.63, 3.8) is 0 Å². The Morgan fingerprint density at radius 1 is 1.06 bits per heavy atom. The third-order valence-corrected chi connectivity index (χ3v) is 4.94. The number of hydrogen-bond donors (Lipinski definition) is 4. The van der Waals surface area contributed by atoms with Gasteiger partial charge in [-0.1, -0.05) is 0 Å². The standard InChI is InChI=1S/C18H27N3O4.2C2H4O2/c1-24-16-5-4-13(10-17(16)25-9-6-19)18(23)21-11-14(15(22)12-21)20-7-2-3-8-20;2*1-2(3)4/h4-5,10,14-15,22H,2-3,6-9,11-12,19H2,1H3;2*1H3,(H,3,4)/t14-,15-;;/m0../s1. The first-order valence-electron chi connectivity index (χ1n) is 10.7. The lowest BCUT2D eigenvalue weighted by Gasteiger charge is -2.25. The highest BCUT2D eigenvalue weighted by molar-refractivity contribution is 5.95. The second kappa shape index (κ2) is 14.3. The zero-order chi connectivity index (χ0) is 25.0. The highest BCUT2D eigenvalue weighted by atomic mass is 16.5. The minimum absolute atomic E-state index is 0.0395. The molecule has 11 heteroatoms. The van der Waals surface area contributed by atoms with Crippen molar-refractivity contribution >= 4 is 17.8 Å². The van der Waals surface area contributed by atoms with Gasteiger partial charge in [0, 0.05) is 39.0 Å². The number of β-amino-alcohol motifs (C(OH)–C–C–N with tert-alkyl or cyclic N) is 1. The zero-order valence-electron chi connectivity index (χ0n) is 19.4. The Balaban J connectivity index is 0.000000591. The molecule has 0 aliphatic carbocycles. The van der Waals surface area contributed by atoms with Crippen molar-refractivity contribution in [3.05, 3.63) is 23.8 Å². The number of aliphatic hydroxyl groups is 1. The predicted octanol–water partition coefficient (Wildman–Crippen LogP) is 0.496. The third-order valence-electron chi connectivity index (χ3n) is 4.94. The molecular weight excluding hydrogens is 434 g/mol. The molecule has 2 heterocycles. The zero-order valence-corrected chi connectivity index (χ0v) is 19.4. The minimum atomic E-state index is -0.833. The number of amides is 1. The fourth-order valence-corrected chi connectivity index (χ4v) is 3.64. The average Bonchev–Trinajstić information content (AvgIpc) is 3.40. The van der Waals surface area contributed by atoms with E-state index in [0.29, 0.717) is 43.3 Å². The summed E-state index contributed by atoms with van der Waals surface area (Å²) in [5.41, 5.74) is 6.01. The molecule has 1 amide bonds. The maximum absolute atomic E-state index is 12.9. The fourth-order valence-electron chi connectivity index (χ4n) is 3.64. The summed E-state index contributed by atoms with van der Waals surface area (Å²) in [7, 11) is 1.56. The number of hydrogen-bond acceptors (Lipinski definition) is 8. The van der Waals surface area contributed by atoms with E-state index >= 15 is 0 Å². The molecule has 0 unspecified atom stereocenters. The topological polar surface area (TPSA) is 163 Å². The van der Waals surface area contributed by atoms with E-state index in [4.69, 9.17) is 35.0 Å². The lowest BCUT2D eigenvalue weighted by atomic mass is 10.1. The van der Waals surface area contributed by atoms with Gasteiger partial charge in [-0.15, -0.1) is 0 Å². The van der Waals surface area contributed by atoms with Crippen LogP contribution in [0.1, 0.15) is 37.0 Å². The van der Waals surface area contributed by atoms with Gasteiger partial charge in [-0.2, -0.15) is 0 Å². The highest BCUT2D eigenvalue weighted by Crippen LogP contribution is 2.29. The first-order valence-corrected chi connectivity index (χ1v) is 10.7. The molecular formula is C22H35N3O8. The summed E-state index contributed by atoms with van der Waals surface area (Å²) in [6.07, 6.45) is 1.84. The van der Waals surface area contributed by atoms with Gasteiger partial charge in [-0.05, 0) is 44.1 Å². The Kier molecular flexibility index (Phi) is 12.2. The van der Waals surface area contributed by atoms with E-state index in [2.05, 4.69) is 4.90 Å². The van der Waals surface area contributed by atoms with Crippen LogP contribution in [0.3, 0.4) is 0 Å². The Morgan fingerprint density at radius 2 is 1.64 bits per heavy atom. The number of likely N-dealkylation sites (tertiary alicyclic amines) is 2. The number of rotatable bonds is 6. The molecule has 5 N–H and O–H groups in total. The van der Waals surface area contributed by atoms with Crippen molar-refractivity contribution in [2.45, 2.75) is 38.8 Å². The summed E-state index contributed by atoms with van der Waals surface area (Å²) in [4.78, 5) is 34.9. The molecule has 33 heavy (non-hydrogen) atoms. The summed E-state index contributed by atoms with van der Waals surface area (Å²) in [5, 5.41) is 25.2. The first kappa shape index (κ1) is 28.1. The SMILES string of the molecule is CC(=O)O.CC(=O)O.COc1ccc(C(=O)N2C[C@H](O)[C@@H](N3CCCC3)C2)cc1OCCN.